The second-order valence-electron chi connectivity index (χ2n) is 10.2. The summed E-state index contributed by atoms with van der Waals surface area (Å²) in [7, 11) is 0. The van der Waals surface area contributed by atoms with Gasteiger partial charge in [0.15, 0.2) is 12.0 Å². The number of nitrogens with two attached hydrogens (primary N) is 1. The number of aromatic hydroxyl groups is 1. The van der Waals surface area contributed by atoms with Crippen molar-refractivity contribution < 1.29 is 29.1 Å². The first-order valence-corrected chi connectivity index (χ1v) is 13.7. The van der Waals surface area contributed by atoms with Gasteiger partial charge in [-0.25, -0.2) is 4.90 Å². The van der Waals surface area contributed by atoms with Gasteiger partial charge in [-0.05, 0) is 30.3 Å². The lowest BCUT2D eigenvalue weighted by atomic mass is 10.1. The van der Waals surface area contributed by atoms with E-state index in [4.69, 9.17) is 5.73 Å². The molecule has 1 unspecified atom stereocenters. The van der Waals surface area contributed by atoms with Crippen LogP contribution in [0, 0.1) is 0 Å². The van der Waals surface area contributed by atoms with E-state index in [1.807, 2.05) is 4.90 Å². The van der Waals surface area contributed by atoms with Crippen molar-refractivity contribution in [3.8, 4) is 17.0 Å². The molecular formula is C29H27N9O6. The number of hydrogen-bond donors (Lipinski definition) is 5. The molecule has 15 heteroatoms. The average Bonchev–Trinajstić information content (AvgIpc) is 3.27. The van der Waals surface area contributed by atoms with Crippen LogP contribution in [0.5, 0.6) is 5.75 Å². The Hall–Kier alpha value is -5.83. The van der Waals surface area contributed by atoms with Crippen molar-refractivity contribution in [3.05, 3.63) is 71.9 Å². The Morgan fingerprint density at radius 2 is 1.73 bits per heavy atom. The molecule has 2 fully saturated rings. The number of imide groups is 2. The molecule has 0 spiro atoms. The molecule has 3 aliphatic rings. The molecule has 0 aliphatic carbocycles. The Morgan fingerprint density at radius 1 is 0.977 bits per heavy atom. The van der Waals surface area contributed by atoms with E-state index in [0.29, 0.717) is 43.1 Å². The molecule has 6 N–H and O–H groups in total. The molecule has 224 valence electrons. The monoisotopic (exact) mass is 597 g/mol. The van der Waals surface area contributed by atoms with E-state index in [2.05, 4.69) is 31.0 Å². The number of nitrogens with one attached hydrogen (secondary N) is 3. The number of benzene rings is 2. The third-order valence-corrected chi connectivity index (χ3v) is 7.50. The van der Waals surface area contributed by atoms with Crippen LogP contribution in [-0.2, 0) is 14.4 Å². The minimum absolute atomic E-state index is 0.0360. The van der Waals surface area contributed by atoms with E-state index < -0.39 is 35.7 Å². The first-order valence-electron chi connectivity index (χ1n) is 13.7. The highest BCUT2D eigenvalue weighted by Gasteiger charge is 2.45. The van der Waals surface area contributed by atoms with E-state index >= 15 is 0 Å². The smallest absolute Gasteiger partial charge is 0.265 e. The molecule has 6 rings (SSSR count). The van der Waals surface area contributed by atoms with Gasteiger partial charge in [0.25, 0.3) is 17.7 Å². The van der Waals surface area contributed by atoms with Crippen molar-refractivity contribution in [2.75, 3.05) is 48.7 Å². The minimum Gasteiger partial charge on any atom is -0.507 e. The molecule has 0 saturated carbocycles. The number of amides is 5. The van der Waals surface area contributed by atoms with Gasteiger partial charge in [0.2, 0.25) is 11.8 Å². The number of anilines is 3. The highest BCUT2D eigenvalue weighted by Crippen LogP contribution is 2.32. The summed E-state index contributed by atoms with van der Waals surface area (Å²) in [5.74, 6) is -3.03. The molecular weight excluding hydrogens is 570 g/mol. The maximum atomic E-state index is 13.2. The van der Waals surface area contributed by atoms with E-state index in [0.717, 1.165) is 4.90 Å². The number of carbonyl (C=O) groups excluding carboxylic acids is 5. The predicted octanol–water partition coefficient (Wildman–Crippen LogP) is -0.126. The molecule has 2 saturated heterocycles. The Kier molecular flexibility index (Phi) is 7.36. The summed E-state index contributed by atoms with van der Waals surface area (Å²) in [5, 5.41) is 25.7. The summed E-state index contributed by atoms with van der Waals surface area (Å²) in [4.78, 5) is 67.6. The fourth-order valence-electron chi connectivity index (χ4n) is 5.31. The molecule has 5 amide bonds. The number of nitrogens with zero attached hydrogens (tertiary/aromatic N) is 5. The van der Waals surface area contributed by atoms with Gasteiger partial charge < -0.3 is 26.0 Å². The number of carbonyl (C=O) groups is 5. The van der Waals surface area contributed by atoms with Crippen molar-refractivity contribution in [1.82, 2.24) is 30.6 Å². The van der Waals surface area contributed by atoms with E-state index in [-0.39, 0.29) is 34.9 Å². The number of phenolic OH excluding ortho intramolecular Hbond substituents is 1. The molecule has 1 atom stereocenters. The molecule has 1 aromatic heterocycles. The third kappa shape index (κ3) is 5.27. The van der Waals surface area contributed by atoms with Gasteiger partial charge in [-0.2, -0.15) is 0 Å². The fraction of sp³-hybridized carbons (Fsp3) is 0.207. The quantitative estimate of drug-likeness (QED) is 0.186. The number of nitrogen functional groups attached to an aromatic ring is 1. The van der Waals surface area contributed by atoms with Crippen LogP contribution >= 0.6 is 0 Å². The van der Waals surface area contributed by atoms with Gasteiger partial charge in [-0.15, -0.1) is 10.2 Å². The maximum absolute atomic E-state index is 13.2. The van der Waals surface area contributed by atoms with Gasteiger partial charge >= 0.3 is 0 Å². The lowest BCUT2D eigenvalue weighted by Crippen LogP contribution is -2.64. The molecule has 15 nitrogen and oxygen atoms in total. The van der Waals surface area contributed by atoms with Gasteiger partial charge in [0, 0.05) is 44.0 Å². The summed E-state index contributed by atoms with van der Waals surface area (Å²) in [6, 6.07) is 13.1. The first kappa shape index (κ1) is 28.3. The molecule has 44 heavy (non-hydrogen) atoms. The SMILES string of the molecule is Nc1nnc(-c2ccccc2O)cc1N1CCN(/C=C/C(=O)Nc2cccc3c2C(=O)N(C2NCC(=O)NC2=O)C3=O)CC1. The first-order chi connectivity index (χ1) is 21.2. The predicted molar refractivity (Wildman–Crippen MR) is 157 cm³/mol. The minimum atomic E-state index is -1.35. The van der Waals surface area contributed by atoms with Gasteiger partial charge in [-0.3, -0.25) is 34.6 Å². The zero-order chi connectivity index (χ0) is 31.0. The normalized spacial score (nSPS) is 18.5. The lowest BCUT2D eigenvalue weighted by molar-refractivity contribution is -0.136. The molecule has 0 radical (unpaired) electrons. The summed E-state index contributed by atoms with van der Waals surface area (Å²) in [6.07, 6.45) is 1.62. The largest absolute Gasteiger partial charge is 0.507 e. The summed E-state index contributed by atoms with van der Waals surface area (Å²) in [6.45, 7) is 2.06. The van der Waals surface area contributed by atoms with Gasteiger partial charge in [-0.1, -0.05) is 18.2 Å². The second kappa shape index (κ2) is 11.4. The number of para-hydroxylation sites is 1. The van der Waals surface area contributed by atoms with Crippen LogP contribution in [0.3, 0.4) is 0 Å². The Morgan fingerprint density at radius 3 is 2.48 bits per heavy atom. The summed E-state index contributed by atoms with van der Waals surface area (Å²) < 4.78 is 0. The number of hydrogen-bond acceptors (Lipinski definition) is 12. The molecule has 2 aromatic carbocycles. The summed E-state index contributed by atoms with van der Waals surface area (Å²) >= 11 is 0. The summed E-state index contributed by atoms with van der Waals surface area (Å²) in [5.41, 5.74) is 7.98. The van der Waals surface area contributed by atoms with Crippen LogP contribution < -0.4 is 26.6 Å². The second-order valence-corrected chi connectivity index (χ2v) is 10.2. The zero-order valence-electron chi connectivity index (χ0n) is 23.2. The number of rotatable bonds is 6. The maximum Gasteiger partial charge on any atom is 0.265 e. The van der Waals surface area contributed by atoms with E-state index in [9.17, 15) is 29.1 Å². The van der Waals surface area contributed by atoms with Crippen molar-refractivity contribution in [2.24, 2.45) is 0 Å². The molecule has 3 aromatic rings. The standard InChI is InChI=1S/C29H27N9O6/c30-25-20(14-19(34-35-25)16-4-1-2-7-21(16)39)37-12-10-36(11-13-37)9-8-22(40)32-18-6-3-5-17-24(18)29(44)38(28(17)43)26-27(42)33-23(41)15-31-26/h1-9,14,26,31,39H,10-13,15H2,(H2,30,35)(H,32,40)(H,33,41,42)/b9-8+. The topological polar surface area (TPSA) is 203 Å². The third-order valence-electron chi connectivity index (χ3n) is 7.50. The van der Waals surface area contributed by atoms with Gasteiger partial charge in [0.05, 0.1) is 34.7 Å². The van der Waals surface area contributed by atoms with Crippen LogP contribution in [0.15, 0.2) is 60.8 Å². The number of phenols is 1. The van der Waals surface area contributed by atoms with Crippen LogP contribution in [-0.4, -0.2) is 93.5 Å². The van der Waals surface area contributed by atoms with Crippen LogP contribution in [0.25, 0.3) is 11.3 Å². The van der Waals surface area contributed by atoms with Crippen molar-refractivity contribution >= 4 is 46.7 Å². The van der Waals surface area contributed by atoms with Crippen LogP contribution in [0.2, 0.25) is 0 Å². The van der Waals surface area contributed by atoms with Crippen LogP contribution in [0.4, 0.5) is 17.2 Å². The van der Waals surface area contributed by atoms with Crippen molar-refractivity contribution in [3.63, 3.8) is 0 Å². The van der Waals surface area contributed by atoms with Crippen molar-refractivity contribution in [1.29, 1.82) is 0 Å². The number of piperazine rings is 2. The Balaban J connectivity index is 1.09. The van der Waals surface area contributed by atoms with E-state index in [1.54, 1.807) is 36.5 Å². The highest BCUT2D eigenvalue weighted by molar-refractivity contribution is 6.26. The van der Waals surface area contributed by atoms with Crippen molar-refractivity contribution in [2.45, 2.75) is 6.17 Å². The molecule has 4 heterocycles. The highest BCUT2D eigenvalue weighted by atomic mass is 16.3. The molecule has 3 aliphatic heterocycles. The Bertz CT molecular complexity index is 1730. The van der Waals surface area contributed by atoms with Crippen LogP contribution in [0.1, 0.15) is 20.7 Å². The lowest BCUT2D eigenvalue weighted by Gasteiger charge is -2.35. The molecule has 0 bridgehead atoms. The zero-order valence-corrected chi connectivity index (χ0v) is 23.2. The van der Waals surface area contributed by atoms with Gasteiger partial charge in [0.1, 0.15) is 5.75 Å². The Labute approximate surface area is 250 Å². The fourth-order valence-corrected chi connectivity index (χ4v) is 5.31. The number of fused-ring (bicyclic) bond motifs is 1. The van der Waals surface area contributed by atoms with E-state index in [1.165, 1.54) is 24.3 Å². The number of aromatic nitrogens is 2. The average molecular weight is 598 g/mol.